The zero-order valence-corrected chi connectivity index (χ0v) is 19.2. The standard InChI is InChI=1S/C23H35N5O6/c24-11-5-4-9-16(25)20(30)27-18(14-29)22(32)28-12-6-10-19(28)21(31)26-17(23(33)34)13-15-7-2-1-3-8-15/h1-3,7-8,16-19,29H,4-6,9-14,24-25H2,(H,26,31)(H,27,30)(H,33,34). The summed E-state index contributed by atoms with van der Waals surface area (Å²) >= 11 is 0. The van der Waals surface area contributed by atoms with E-state index in [0.29, 0.717) is 32.2 Å². The van der Waals surface area contributed by atoms with Gasteiger partial charge < -0.3 is 37.2 Å². The van der Waals surface area contributed by atoms with Crippen molar-refractivity contribution in [1.29, 1.82) is 0 Å². The second-order valence-corrected chi connectivity index (χ2v) is 8.41. The molecule has 1 aliphatic heterocycles. The number of rotatable bonds is 13. The van der Waals surface area contributed by atoms with Gasteiger partial charge in [-0.1, -0.05) is 36.8 Å². The van der Waals surface area contributed by atoms with Gasteiger partial charge in [0.1, 0.15) is 18.1 Å². The van der Waals surface area contributed by atoms with Crippen molar-refractivity contribution in [2.24, 2.45) is 11.5 Å². The van der Waals surface area contributed by atoms with E-state index in [1.807, 2.05) is 6.07 Å². The average molecular weight is 478 g/mol. The monoisotopic (exact) mass is 477 g/mol. The number of carboxylic acids is 1. The van der Waals surface area contributed by atoms with E-state index in [2.05, 4.69) is 10.6 Å². The molecule has 188 valence electrons. The molecule has 34 heavy (non-hydrogen) atoms. The lowest BCUT2D eigenvalue weighted by Gasteiger charge is -2.29. The van der Waals surface area contributed by atoms with Crippen LogP contribution in [0, 0.1) is 0 Å². The van der Waals surface area contributed by atoms with Crippen molar-refractivity contribution in [2.75, 3.05) is 19.7 Å². The fraction of sp³-hybridized carbons (Fsp3) is 0.565. The molecule has 8 N–H and O–H groups in total. The number of carboxylic acid groups (broad SMARTS) is 1. The van der Waals surface area contributed by atoms with Gasteiger partial charge in [-0.3, -0.25) is 14.4 Å². The van der Waals surface area contributed by atoms with Gasteiger partial charge in [0.15, 0.2) is 0 Å². The molecule has 11 heteroatoms. The maximum absolute atomic E-state index is 13.0. The first-order valence-corrected chi connectivity index (χ1v) is 11.5. The molecule has 3 amide bonds. The van der Waals surface area contributed by atoms with Gasteiger partial charge in [0, 0.05) is 13.0 Å². The molecule has 1 saturated heterocycles. The van der Waals surface area contributed by atoms with E-state index in [-0.39, 0.29) is 13.0 Å². The van der Waals surface area contributed by atoms with Crippen molar-refractivity contribution in [3.63, 3.8) is 0 Å². The van der Waals surface area contributed by atoms with Gasteiger partial charge in [0.05, 0.1) is 12.6 Å². The highest BCUT2D eigenvalue weighted by Gasteiger charge is 2.39. The van der Waals surface area contributed by atoms with Gasteiger partial charge in [-0.15, -0.1) is 0 Å². The number of aliphatic carboxylic acids is 1. The molecule has 11 nitrogen and oxygen atoms in total. The largest absolute Gasteiger partial charge is 0.480 e. The summed E-state index contributed by atoms with van der Waals surface area (Å²) in [7, 11) is 0. The van der Waals surface area contributed by atoms with Crippen LogP contribution in [-0.4, -0.2) is 82.7 Å². The molecule has 0 radical (unpaired) electrons. The summed E-state index contributed by atoms with van der Waals surface area (Å²) in [5, 5.41) is 24.3. The highest BCUT2D eigenvalue weighted by atomic mass is 16.4. The van der Waals surface area contributed by atoms with Crippen LogP contribution in [0.5, 0.6) is 0 Å². The molecule has 1 heterocycles. The zero-order chi connectivity index (χ0) is 25.1. The lowest BCUT2D eigenvalue weighted by Crippen LogP contribution is -2.58. The summed E-state index contributed by atoms with van der Waals surface area (Å²) in [4.78, 5) is 51.2. The van der Waals surface area contributed by atoms with Crippen molar-refractivity contribution >= 4 is 23.7 Å². The van der Waals surface area contributed by atoms with Crippen molar-refractivity contribution in [2.45, 2.75) is 62.7 Å². The highest BCUT2D eigenvalue weighted by Crippen LogP contribution is 2.19. The van der Waals surface area contributed by atoms with E-state index < -0.39 is 54.5 Å². The van der Waals surface area contributed by atoms with Crippen LogP contribution in [0.4, 0.5) is 0 Å². The fourth-order valence-electron chi connectivity index (χ4n) is 3.92. The van der Waals surface area contributed by atoms with E-state index >= 15 is 0 Å². The van der Waals surface area contributed by atoms with Gasteiger partial charge in [-0.2, -0.15) is 0 Å². The van der Waals surface area contributed by atoms with E-state index in [0.717, 1.165) is 12.0 Å². The van der Waals surface area contributed by atoms with Gasteiger partial charge in [-0.05, 0) is 37.8 Å². The predicted molar refractivity (Wildman–Crippen MR) is 124 cm³/mol. The Hall–Kier alpha value is -3.02. The molecule has 0 spiro atoms. The summed E-state index contributed by atoms with van der Waals surface area (Å²) in [5.74, 6) is -2.95. The Morgan fingerprint density at radius 2 is 1.79 bits per heavy atom. The summed E-state index contributed by atoms with van der Waals surface area (Å²) in [5.41, 5.74) is 12.0. The Balaban J connectivity index is 2.00. The van der Waals surface area contributed by atoms with Crippen molar-refractivity contribution in [1.82, 2.24) is 15.5 Å². The smallest absolute Gasteiger partial charge is 0.326 e. The van der Waals surface area contributed by atoms with E-state index in [1.54, 1.807) is 24.3 Å². The normalized spacial score (nSPS) is 18.1. The molecule has 1 aromatic rings. The SMILES string of the molecule is NCCCCC(N)C(=O)NC(CO)C(=O)N1CCCC1C(=O)NC(Cc1ccccc1)C(=O)O. The van der Waals surface area contributed by atoms with Gasteiger partial charge in [0.2, 0.25) is 17.7 Å². The molecular formula is C23H35N5O6. The van der Waals surface area contributed by atoms with Gasteiger partial charge >= 0.3 is 5.97 Å². The molecule has 0 aliphatic carbocycles. The Morgan fingerprint density at radius 3 is 2.41 bits per heavy atom. The maximum atomic E-state index is 13.0. The molecule has 0 bridgehead atoms. The summed E-state index contributed by atoms with van der Waals surface area (Å²) in [6.45, 7) is 0.0809. The summed E-state index contributed by atoms with van der Waals surface area (Å²) < 4.78 is 0. The third kappa shape index (κ3) is 7.79. The van der Waals surface area contributed by atoms with Crippen LogP contribution < -0.4 is 22.1 Å². The number of amides is 3. The van der Waals surface area contributed by atoms with Crippen molar-refractivity contribution in [3.8, 4) is 0 Å². The average Bonchev–Trinajstić information content (AvgIpc) is 3.32. The minimum absolute atomic E-state index is 0.0972. The summed E-state index contributed by atoms with van der Waals surface area (Å²) in [6.07, 6.45) is 2.74. The first-order valence-electron chi connectivity index (χ1n) is 11.5. The maximum Gasteiger partial charge on any atom is 0.326 e. The van der Waals surface area contributed by atoms with Crippen LogP contribution in [0.25, 0.3) is 0 Å². The molecular weight excluding hydrogens is 442 g/mol. The van der Waals surface area contributed by atoms with Crippen LogP contribution in [-0.2, 0) is 25.6 Å². The Labute approximate surface area is 198 Å². The van der Waals surface area contributed by atoms with Crippen LogP contribution in [0.15, 0.2) is 30.3 Å². The van der Waals surface area contributed by atoms with Crippen LogP contribution in [0.2, 0.25) is 0 Å². The zero-order valence-electron chi connectivity index (χ0n) is 19.2. The molecule has 1 aliphatic rings. The number of nitrogens with two attached hydrogens (primary N) is 2. The Kier molecular flexibility index (Phi) is 10.9. The number of carbonyl (C=O) groups excluding carboxylic acids is 3. The highest BCUT2D eigenvalue weighted by molar-refractivity contribution is 5.94. The lowest BCUT2D eigenvalue weighted by molar-refractivity contribution is -0.145. The first-order chi connectivity index (χ1) is 16.3. The Morgan fingerprint density at radius 1 is 1.09 bits per heavy atom. The predicted octanol–water partition coefficient (Wildman–Crippen LogP) is -1.28. The van der Waals surface area contributed by atoms with E-state index in [4.69, 9.17) is 11.5 Å². The number of carbonyl (C=O) groups is 4. The number of aliphatic hydroxyl groups excluding tert-OH is 1. The topological polar surface area (TPSA) is 188 Å². The quantitative estimate of drug-likeness (QED) is 0.189. The number of likely N-dealkylation sites (tertiary alicyclic amines) is 1. The van der Waals surface area contributed by atoms with Crippen LogP contribution in [0.1, 0.15) is 37.7 Å². The number of hydrogen-bond donors (Lipinski definition) is 6. The molecule has 0 aromatic heterocycles. The third-order valence-electron chi connectivity index (χ3n) is 5.84. The number of benzene rings is 1. The first kappa shape index (κ1) is 27.2. The van der Waals surface area contributed by atoms with Crippen LogP contribution in [0.3, 0.4) is 0 Å². The number of hydrogen-bond acceptors (Lipinski definition) is 7. The summed E-state index contributed by atoms with van der Waals surface area (Å²) in [6, 6.07) is 4.75. The molecule has 2 rings (SSSR count). The van der Waals surface area contributed by atoms with Gasteiger partial charge in [0.25, 0.3) is 0 Å². The number of unbranched alkanes of at least 4 members (excludes halogenated alkanes) is 1. The third-order valence-corrected chi connectivity index (χ3v) is 5.84. The Bertz CT molecular complexity index is 836. The molecule has 1 aromatic carbocycles. The number of nitrogens with zero attached hydrogens (tertiary/aromatic N) is 1. The van der Waals surface area contributed by atoms with E-state index in [1.165, 1.54) is 4.90 Å². The molecule has 4 unspecified atom stereocenters. The van der Waals surface area contributed by atoms with Gasteiger partial charge in [-0.25, -0.2) is 4.79 Å². The van der Waals surface area contributed by atoms with Crippen molar-refractivity contribution < 1.29 is 29.4 Å². The molecule has 4 atom stereocenters. The lowest BCUT2D eigenvalue weighted by atomic mass is 10.1. The second-order valence-electron chi connectivity index (χ2n) is 8.41. The number of aliphatic hydroxyl groups is 1. The van der Waals surface area contributed by atoms with E-state index in [9.17, 15) is 29.4 Å². The molecule has 1 fully saturated rings. The molecule has 0 saturated carbocycles. The van der Waals surface area contributed by atoms with Crippen molar-refractivity contribution in [3.05, 3.63) is 35.9 Å². The fourth-order valence-corrected chi connectivity index (χ4v) is 3.92. The minimum atomic E-state index is -1.25. The van der Waals surface area contributed by atoms with Crippen LogP contribution >= 0.6 is 0 Å². The minimum Gasteiger partial charge on any atom is -0.480 e. The second kappa shape index (κ2) is 13.6. The number of nitrogens with one attached hydrogen (secondary N) is 2.